The summed E-state index contributed by atoms with van der Waals surface area (Å²) in [6, 6.07) is 8.20. The molecule has 0 amide bonds. The van der Waals surface area contributed by atoms with Crippen molar-refractivity contribution in [2.24, 2.45) is 5.92 Å². The smallest absolute Gasteiger partial charge is 0.0443 e. The van der Waals surface area contributed by atoms with E-state index in [1.807, 2.05) is 19.2 Å². The average Bonchev–Trinajstić information content (AvgIpc) is 2.79. The summed E-state index contributed by atoms with van der Waals surface area (Å²) < 4.78 is 0. The van der Waals surface area contributed by atoms with Gasteiger partial charge in [-0.05, 0) is 43.0 Å². The van der Waals surface area contributed by atoms with Crippen LogP contribution in [0, 0.1) is 5.92 Å². The minimum absolute atomic E-state index is 0.307. The van der Waals surface area contributed by atoms with Crippen LogP contribution in [-0.4, -0.2) is 13.6 Å². The van der Waals surface area contributed by atoms with Crippen molar-refractivity contribution in [2.75, 3.05) is 13.6 Å². The van der Waals surface area contributed by atoms with Crippen molar-refractivity contribution in [3.05, 3.63) is 34.9 Å². The van der Waals surface area contributed by atoms with Crippen molar-refractivity contribution in [2.45, 2.75) is 18.8 Å². The minimum atomic E-state index is 0.307. The summed E-state index contributed by atoms with van der Waals surface area (Å²) in [5.41, 5.74) is 1.61. The zero-order valence-corrected chi connectivity index (χ0v) is 9.43. The second-order valence-corrected chi connectivity index (χ2v) is 4.76. The third kappa shape index (κ3) is 1.55. The quantitative estimate of drug-likeness (QED) is 0.808. The molecule has 2 heteroatoms. The maximum Gasteiger partial charge on any atom is 0.0443 e. The monoisotopic (exact) mass is 209 g/mol. The van der Waals surface area contributed by atoms with Crippen molar-refractivity contribution < 1.29 is 0 Å². The Kier molecular flexibility index (Phi) is 2.54. The molecule has 0 saturated heterocycles. The SMILES string of the molecule is CNCC1CC1(C)c1ccccc1Cl. The summed E-state index contributed by atoms with van der Waals surface area (Å²) in [4.78, 5) is 0. The summed E-state index contributed by atoms with van der Waals surface area (Å²) in [7, 11) is 2.01. The Hall–Kier alpha value is -0.530. The van der Waals surface area contributed by atoms with Gasteiger partial charge in [-0.2, -0.15) is 0 Å². The average molecular weight is 210 g/mol. The van der Waals surface area contributed by atoms with E-state index in [1.165, 1.54) is 12.0 Å². The van der Waals surface area contributed by atoms with Crippen LogP contribution < -0.4 is 5.32 Å². The maximum absolute atomic E-state index is 6.19. The van der Waals surface area contributed by atoms with E-state index in [9.17, 15) is 0 Å². The minimum Gasteiger partial charge on any atom is -0.319 e. The molecule has 2 rings (SSSR count). The van der Waals surface area contributed by atoms with Crippen molar-refractivity contribution in [1.29, 1.82) is 0 Å². The standard InChI is InChI=1S/C12H16ClN/c1-12(7-9(12)8-14-2)10-5-3-4-6-11(10)13/h3-6,9,14H,7-8H2,1-2H3. The third-order valence-electron chi connectivity index (χ3n) is 3.35. The van der Waals surface area contributed by atoms with Gasteiger partial charge < -0.3 is 5.32 Å². The second kappa shape index (κ2) is 3.56. The molecule has 0 heterocycles. The van der Waals surface area contributed by atoms with Crippen LogP contribution in [0.15, 0.2) is 24.3 Å². The lowest BCUT2D eigenvalue weighted by atomic mass is 9.95. The molecule has 0 aliphatic heterocycles. The molecule has 1 fully saturated rings. The number of rotatable bonds is 3. The first-order chi connectivity index (χ1) is 6.68. The number of hydrogen-bond donors (Lipinski definition) is 1. The lowest BCUT2D eigenvalue weighted by molar-refractivity contribution is 0.617. The fraction of sp³-hybridized carbons (Fsp3) is 0.500. The highest BCUT2D eigenvalue weighted by atomic mass is 35.5. The van der Waals surface area contributed by atoms with Gasteiger partial charge in [0.2, 0.25) is 0 Å². The summed E-state index contributed by atoms with van der Waals surface area (Å²) in [5, 5.41) is 4.14. The molecule has 0 aromatic heterocycles. The second-order valence-electron chi connectivity index (χ2n) is 4.36. The Morgan fingerprint density at radius 2 is 2.21 bits per heavy atom. The molecular weight excluding hydrogens is 194 g/mol. The molecule has 1 N–H and O–H groups in total. The third-order valence-corrected chi connectivity index (χ3v) is 3.68. The number of hydrogen-bond acceptors (Lipinski definition) is 1. The molecule has 1 aromatic rings. The Morgan fingerprint density at radius 1 is 1.50 bits per heavy atom. The van der Waals surface area contributed by atoms with Gasteiger partial charge in [-0.1, -0.05) is 36.7 Å². The predicted molar refractivity (Wildman–Crippen MR) is 60.8 cm³/mol. The molecule has 2 atom stereocenters. The number of halogens is 1. The van der Waals surface area contributed by atoms with Gasteiger partial charge in [-0.25, -0.2) is 0 Å². The zero-order valence-electron chi connectivity index (χ0n) is 8.68. The molecule has 76 valence electrons. The van der Waals surface area contributed by atoms with Crippen LogP contribution in [0.3, 0.4) is 0 Å². The molecule has 0 radical (unpaired) electrons. The number of benzene rings is 1. The summed E-state index contributed by atoms with van der Waals surface area (Å²) in [6.07, 6.45) is 1.25. The predicted octanol–water partition coefficient (Wildman–Crippen LogP) is 2.84. The lowest BCUT2D eigenvalue weighted by Gasteiger charge is -2.13. The Bertz CT molecular complexity index is 337. The highest BCUT2D eigenvalue weighted by molar-refractivity contribution is 6.31. The molecule has 1 nitrogen and oxygen atoms in total. The highest BCUT2D eigenvalue weighted by Gasteiger charge is 2.51. The Morgan fingerprint density at radius 3 is 2.86 bits per heavy atom. The van der Waals surface area contributed by atoms with E-state index in [-0.39, 0.29) is 0 Å². The molecule has 0 bridgehead atoms. The first-order valence-corrected chi connectivity index (χ1v) is 5.46. The fourth-order valence-corrected chi connectivity index (χ4v) is 2.60. The molecule has 0 spiro atoms. The molecule has 14 heavy (non-hydrogen) atoms. The topological polar surface area (TPSA) is 12.0 Å². The van der Waals surface area contributed by atoms with Gasteiger partial charge in [0.1, 0.15) is 0 Å². The first-order valence-electron chi connectivity index (χ1n) is 5.08. The number of nitrogens with one attached hydrogen (secondary N) is 1. The maximum atomic E-state index is 6.19. The molecule has 1 aliphatic rings. The van der Waals surface area contributed by atoms with Crippen LogP contribution in [0.1, 0.15) is 18.9 Å². The van der Waals surface area contributed by atoms with Crippen LogP contribution >= 0.6 is 11.6 Å². The highest BCUT2D eigenvalue weighted by Crippen LogP contribution is 2.55. The van der Waals surface area contributed by atoms with E-state index in [0.29, 0.717) is 5.41 Å². The molecule has 1 saturated carbocycles. The van der Waals surface area contributed by atoms with Gasteiger partial charge in [-0.3, -0.25) is 0 Å². The normalized spacial score (nSPS) is 30.4. The van der Waals surface area contributed by atoms with Gasteiger partial charge in [0, 0.05) is 5.02 Å². The first kappa shape index (κ1) is 10.0. The van der Waals surface area contributed by atoms with Gasteiger partial charge in [-0.15, -0.1) is 0 Å². The van der Waals surface area contributed by atoms with E-state index < -0.39 is 0 Å². The van der Waals surface area contributed by atoms with Gasteiger partial charge in [0.15, 0.2) is 0 Å². The van der Waals surface area contributed by atoms with E-state index >= 15 is 0 Å². The van der Waals surface area contributed by atoms with Crippen molar-refractivity contribution in [3.63, 3.8) is 0 Å². The van der Waals surface area contributed by atoms with Crippen LogP contribution in [-0.2, 0) is 5.41 Å². The largest absolute Gasteiger partial charge is 0.319 e. The van der Waals surface area contributed by atoms with Crippen LogP contribution in [0.4, 0.5) is 0 Å². The fourth-order valence-electron chi connectivity index (χ4n) is 2.25. The summed E-state index contributed by atoms with van der Waals surface area (Å²) in [6.45, 7) is 3.39. The molecule has 2 unspecified atom stereocenters. The molecule has 1 aromatic carbocycles. The van der Waals surface area contributed by atoms with E-state index in [4.69, 9.17) is 11.6 Å². The van der Waals surface area contributed by atoms with Crippen LogP contribution in [0.25, 0.3) is 0 Å². The lowest BCUT2D eigenvalue weighted by Crippen LogP contribution is -2.16. The van der Waals surface area contributed by atoms with Gasteiger partial charge >= 0.3 is 0 Å². The van der Waals surface area contributed by atoms with Crippen molar-refractivity contribution >= 4 is 11.6 Å². The Balaban J connectivity index is 2.21. The van der Waals surface area contributed by atoms with Crippen LogP contribution in [0.2, 0.25) is 5.02 Å². The van der Waals surface area contributed by atoms with Gasteiger partial charge in [0.25, 0.3) is 0 Å². The van der Waals surface area contributed by atoms with Crippen molar-refractivity contribution in [1.82, 2.24) is 5.32 Å². The van der Waals surface area contributed by atoms with Gasteiger partial charge in [0.05, 0.1) is 0 Å². The zero-order chi connectivity index (χ0) is 10.2. The van der Waals surface area contributed by atoms with E-state index in [1.54, 1.807) is 0 Å². The van der Waals surface area contributed by atoms with Crippen LogP contribution in [0.5, 0.6) is 0 Å². The molecular formula is C12H16ClN. The van der Waals surface area contributed by atoms with E-state index in [2.05, 4.69) is 24.4 Å². The summed E-state index contributed by atoms with van der Waals surface area (Å²) in [5.74, 6) is 0.743. The summed E-state index contributed by atoms with van der Waals surface area (Å²) >= 11 is 6.19. The van der Waals surface area contributed by atoms with E-state index in [0.717, 1.165) is 17.5 Å². The molecule has 1 aliphatic carbocycles. The van der Waals surface area contributed by atoms with Crippen molar-refractivity contribution in [3.8, 4) is 0 Å². The Labute approximate surface area is 90.5 Å².